The molecule has 0 unspecified atom stereocenters. The normalized spacial score (nSPS) is 11.7. The predicted molar refractivity (Wildman–Crippen MR) is 235 cm³/mol. The van der Waals surface area contributed by atoms with Crippen LogP contribution in [0.1, 0.15) is 0 Å². The van der Waals surface area contributed by atoms with Crippen LogP contribution in [0.4, 0.5) is 17.1 Å². The lowest BCUT2D eigenvalue weighted by Crippen LogP contribution is -2.10. The average molecular weight is 704 g/mol. The van der Waals surface area contributed by atoms with E-state index in [2.05, 4.69) is 205 Å². The summed E-state index contributed by atoms with van der Waals surface area (Å²) in [4.78, 5) is 2.45. The summed E-state index contributed by atoms with van der Waals surface area (Å²) in [6.07, 6.45) is 0. The predicted octanol–water partition coefficient (Wildman–Crippen LogP) is 15.5. The Morgan fingerprint density at radius 2 is 0.963 bits per heavy atom. The second kappa shape index (κ2) is 12.4. The molecule has 0 aliphatic heterocycles. The number of nitrogens with zero attached hydrogens (tertiary/aromatic N) is 1. The lowest BCUT2D eigenvalue weighted by molar-refractivity contribution is 1.31. The molecule has 1 nitrogen and oxygen atoms in total. The van der Waals surface area contributed by atoms with Crippen molar-refractivity contribution in [2.75, 3.05) is 4.90 Å². The van der Waals surface area contributed by atoms with Gasteiger partial charge in [-0.3, -0.25) is 0 Å². The van der Waals surface area contributed by atoms with Crippen molar-refractivity contribution in [2.45, 2.75) is 0 Å². The van der Waals surface area contributed by atoms with E-state index in [1.807, 2.05) is 11.3 Å². The van der Waals surface area contributed by atoms with Gasteiger partial charge in [-0.15, -0.1) is 11.3 Å². The summed E-state index contributed by atoms with van der Waals surface area (Å²) in [7, 11) is 0. The molecule has 0 saturated heterocycles. The van der Waals surface area contributed by atoms with Crippen molar-refractivity contribution in [3.63, 3.8) is 0 Å². The first-order valence-corrected chi connectivity index (χ1v) is 19.3. The van der Waals surface area contributed by atoms with Crippen LogP contribution in [0.3, 0.4) is 0 Å². The van der Waals surface area contributed by atoms with E-state index in [1.54, 1.807) is 0 Å². The fourth-order valence-electron chi connectivity index (χ4n) is 8.42. The van der Waals surface area contributed by atoms with E-state index in [9.17, 15) is 0 Å². The molecule has 0 atom stereocenters. The summed E-state index contributed by atoms with van der Waals surface area (Å²) < 4.78 is 2.62. The Labute approximate surface area is 317 Å². The third-order valence-corrected chi connectivity index (χ3v) is 12.2. The maximum Gasteiger partial charge on any atom is 0.0554 e. The molecule has 1 aromatic heterocycles. The molecule has 0 spiro atoms. The van der Waals surface area contributed by atoms with Crippen molar-refractivity contribution in [1.82, 2.24) is 0 Å². The molecule has 0 fully saturated rings. The number of benzene rings is 10. The Balaban J connectivity index is 1.09. The first-order valence-electron chi connectivity index (χ1n) is 18.5. The lowest BCUT2D eigenvalue weighted by atomic mass is 9.92. The number of hydrogen-bond donors (Lipinski definition) is 0. The molecule has 0 N–H and O–H groups in total. The van der Waals surface area contributed by atoms with E-state index in [1.165, 1.54) is 91.2 Å². The van der Waals surface area contributed by atoms with Crippen molar-refractivity contribution in [1.29, 1.82) is 0 Å². The van der Waals surface area contributed by atoms with Crippen LogP contribution in [0.2, 0.25) is 0 Å². The Morgan fingerprint density at radius 3 is 1.81 bits per heavy atom. The van der Waals surface area contributed by atoms with Crippen LogP contribution in [0, 0.1) is 0 Å². The Hall–Kier alpha value is -6.74. The second-order valence-electron chi connectivity index (χ2n) is 14.1. The molecule has 11 rings (SSSR count). The number of thiophene rings is 1. The Kier molecular flexibility index (Phi) is 7.11. The van der Waals surface area contributed by atoms with Gasteiger partial charge in [-0.25, -0.2) is 0 Å². The van der Waals surface area contributed by atoms with Crippen molar-refractivity contribution < 1.29 is 0 Å². The summed E-state index contributed by atoms with van der Waals surface area (Å²) in [5, 5.41) is 12.7. The van der Waals surface area contributed by atoms with Gasteiger partial charge in [0.25, 0.3) is 0 Å². The summed E-state index contributed by atoms with van der Waals surface area (Å²) in [6.45, 7) is 0. The minimum absolute atomic E-state index is 1.13. The van der Waals surface area contributed by atoms with E-state index in [0.717, 1.165) is 11.4 Å². The van der Waals surface area contributed by atoms with Crippen molar-refractivity contribution >= 4 is 91.7 Å². The average Bonchev–Trinajstić information content (AvgIpc) is 3.64. The highest BCUT2D eigenvalue weighted by Crippen LogP contribution is 2.47. The summed E-state index contributed by atoms with van der Waals surface area (Å²) in [6, 6.07) is 73.5. The smallest absolute Gasteiger partial charge is 0.0554 e. The molecule has 0 aliphatic carbocycles. The topological polar surface area (TPSA) is 3.24 Å². The highest BCUT2D eigenvalue weighted by atomic mass is 32.1. The monoisotopic (exact) mass is 703 g/mol. The zero-order chi connectivity index (χ0) is 35.6. The van der Waals surface area contributed by atoms with Gasteiger partial charge in [0.05, 0.1) is 5.69 Å². The fourth-order valence-corrected chi connectivity index (χ4v) is 9.67. The summed E-state index contributed by atoms with van der Waals surface area (Å²) >= 11 is 1.89. The number of rotatable bonds is 5. The fraction of sp³-hybridized carbons (Fsp3) is 0. The van der Waals surface area contributed by atoms with Crippen LogP contribution < -0.4 is 4.90 Å². The summed E-state index contributed by atoms with van der Waals surface area (Å²) in [5.74, 6) is 0. The van der Waals surface area contributed by atoms with Gasteiger partial charge in [-0.2, -0.15) is 0 Å². The highest BCUT2D eigenvalue weighted by Gasteiger charge is 2.20. The van der Waals surface area contributed by atoms with Crippen molar-refractivity contribution in [2.24, 2.45) is 0 Å². The number of fused-ring (bicyclic) bond motifs is 9. The first-order chi connectivity index (χ1) is 26.8. The third-order valence-electron chi connectivity index (χ3n) is 11.0. The molecule has 11 aromatic rings. The summed E-state index contributed by atoms with van der Waals surface area (Å²) in [5.41, 5.74) is 8.35. The molecule has 0 aliphatic rings. The SMILES string of the molecule is c1ccc(-c2ccc(N(c3ccc4cc(-c5cc6ccccc6c6ccccc56)ccc4c3)c3cccc4sc5c6ccccc6ccc5c34)cc2)cc1. The molecule has 10 aromatic carbocycles. The van der Waals surface area contributed by atoms with Gasteiger partial charge in [0, 0.05) is 31.5 Å². The minimum atomic E-state index is 1.13. The van der Waals surface area contributed by atoms with Crippen LogP contribution in [0.15, 0.2) is 200 Å². The van der Waals surface area contributed by atoms with Gasteiger partial charge in [-0.1, -0.05) is 152 Å². The first kappa shape index (κ1) is 30.8. The van der Waals surface area contributed by atoms with Crippen LogP contribution in [-0.4, -0.2) is 0 Å². The van der Waals surface area contributed by atoms with Crippen LogP contribution in [0.25, 0.3) is 85.5 Å². The van der Waals surface area contributed by atoms with Gasteiger partial charge in [0.2, 0.25) is 0 Å². The van der Waals surface area contributed by atoms with Crippen molar-refractivity contribution in [3.8, 4) is 22.3 Å². The van der Waals surface area contributed by atoms with E-state index in [0.29, 0.717) is 0 Å². The molecule has 54 heavy (non-hydrogen) atoms. The maximum atomic E-state index is 2.45. The standard InChI is InChI=1S/C52H33NS/c1-2-11-34(12-3-1)35-23-27-41(28-24-35)53(49-19-10-20-50-51(49)47-30-26-36-13-4-7-16-44(36)52(47)54-50)42-29-25-37-31-40(22-21-38(37)32-42)48-33-39-14-5-6-15-43(39)45-17-8-9-18-46(45)48/h1-33H. The van der Waals surface area contributed by atoms with Gasteiger partial charge < -0.3 is 4.90 Å². The quantitative estimate of drug-likeness (QED) is 0.161. The van der Waals surface area contributed by atoms with Gasteiger partial charge >= 0.3 is 0 Å². The van der Waals surface area contributed by atoms with Crippen LogP contribution >= 0.6 is 11.3 Å². The molecular formula is C52H33NS. The molecule has 252 valence electrons. The zero-order valence-electron chi connectivity index (χ0n) is 29.4. The minimum Gasteiger partial charge on any atom is -0.310 e. The van der Waals surface area contributed by atoms with Crippen LogP contribution in [0.5, 0.6) is 0 Å². The molecular weight excluding hydrogens is 671 g/mol. The molecule has 0 amide bonds. The Bertz CT molecular complexity index is 3210. The molecule has 0 bridgehead atoms. The molecule has 0 saturated carbocycles. The van der Waals surface area contributed by atoms with Crippen LogP contribution in [-0.2, 0) is 0 Å². The number of anilines is 3. The molecule has 1 heterocycles. The zero-order valence-corrected chi connectivity index (χ0v) is 30.2. The molecule has 0 radical (unpaired) electrons. The van der Waals surface area contributed by atoms with E-state index >= 15 is 0 Å². The van der Waals surface area contributed by atoms with Gasteiger partial charge in [0.1, 0.15) is 0 Å². The van der Waals surface area contributed by atoms with Crippen molar-refractivity contribution in [3.05, 3.63) is 200 Å². The van der Waals surface area contributed by atoms with Gasteiger partial charge in [-0.05, 0) is 114 Å². The van der Waals surface area contributed by atoms with E-state index in [4.69, 9.17) is 0 Å². The Morgan fingerprint density at radius 1 is 0.333 bits per heavy atom. The second-order valence-corrected chi connectivity index (χ2v) is 15.2. The number of hydrogen-bond acceptors (Lipinski definition) is 2. The molecule has 2 heteroatoms. The van der Waals surface area contributed by atoms with E-state index in [-0.39, 0.29) is 0 Å². The third kappa shape index (κ3) is 4.99. The lowest BCUT2D eigenvalue weighted by Gasteiger charge is -2.27. The largest absolute Gasteiger partial charge is 0.310 e. The van der Waals surface area contributed by atoms with Gasteiger partial charge in [0.15, 0.2) is 0 Å². The highest BCUT2D eigenvalue weighted by molar-refractivity contribution is 7.26. The van der Waals surface area contributed by atoms with E-state index < -0.39 is 0 Å². The maximum absolute atomic E-state index is 2.45.